The number of allylic oxidation sites excluding steroid dienone is 5. The topological polar surface area (TPSA) is 69.6 Å². The molecular formula is C66H127NO3. The van der Waals surface area contributed by atoms with Gasteiger partial charge in [0.25, 0.3) is 0 Å². The number of nitrogens with one attached hydrogen (secondary N) is 1. The second kappa shape index (κ2) is 61.9. The molecule has 1 amide bonds. The summed E-state index contributed by atoms with van der Waals surface area (Å²) in [7, 11) is 0. The molecule has 0 aliphatic heterocycles. The predicted molar refractivity (Wildman–Crippen MR) is 313 cm³/mol. The lowest BCUT2D eigenvalue weighted by Gasteiger charge is -2.19. The van der Waals surface area contributed by atoms with E-state index in [9.17, 15) is 15.0 Å². The Morgan fingerprint density at radius 3 is 0.829 bits per heavy atom. The highest BCUT2D eigenvalue weighted by atomic mass is 16.3. The van der Waals surface area contributed by atoms with Gasteiger partial charge in [0.05, 0.1) is 18.8 Å². The normalized spacial score (nSPS) is 12.9. The van der Waals surface area contributed by atoms with Crippen LogP contribution in [0.3, 0.4) is 0 Å². The van der Waals surface area contributed by atoms with E-state index in [4.69, 9.17) is 0 Å². The molecule has 0 saturated carbocycles. The lowest BCUT2D eigenvalue weighted by Crippen LogP contribution is -2.45. The molecule has 0 radical (unpaired) electrons. The predicted octanol–water partition coefficient (Wildman–Crippen LogP) is 21.6. The number of aliphatic hydroxyl groups excluding tert-OH is 2. The second-order valence-electron chi connectivity index (χ2n) is 22.2. The Morgan fingerprint density at radius 1 is 0.329 bits per heavy atom. The standard InChI is InChI=1S/C66H127NO3/c1-3-5-7-9-11-13-15-17-19-21-23-24-25-26-27-28-29-30-31-32-33-34-35-36-37-38-39-40-41-42-44-46-48-50-52-54-56-58-60-62-66(70)67-64(63-68)65(69)61-59-57-55-53-51-49-47-45-43-22-20-18-16-14-12-10-8-6-4-2/h32-33,51,53,59,61,64-65,68-69H,3-31,34-50,52,54-58,60,62-63H2,1-2H3,(H,67,70)/b33-32-,53-51+,61-59+. The minimum atomic E-state index is -0.862. The molecule has 0 rings (SSSR count). The Labute approximate surface area is 440 Å². The minimum Gasteiger partial charge on any atom is -0.394 e. The molecule has 0 aromatic carbocycles. The maximum atomic E-state index is 12.5. The lowest BCUT2D eigenvalue weighted by molar-refractivity contribution is -0.123. The van der Waals surface area contributed by atoms with E-state index in [2.05, 4.69) is 43.5 Å². The summed E-state index contributed by atoms with van der Waals surface area (Å²) >= 11 is 0. The van der Waals surface area contributed by atoms with Gasteiger partial charge in [-0.25, -0.2) is 0 Å². The van der Waals surface area contributed by atoms with Crippen LogP contribution >= 0.6 is 0 Å². The van der Waals surface area contributed by atoms with E-state index >= 15 is 0 Å². The highest BCUT2D eigenvalue weighted by Gasteiger charge is 2.18. The monoisotopic (exact) mass is 982 g/mol. The number of carbonyl (C=O) groups is 1. The number of carbonyl (C=O) groups excluding carboxylic acids is 1. The summed E-state index contributed by atoms with van der Waals surface area (Å²) in [5.74, 6) is -0.0678. The Bertz CT molecular complexity index is 1070. The number of rotatable bonds is 60. The Balaban J connectivity index is 3.42. The maximum absolute atomic E-state index is 12.5. The largest absolute Gasteiger partial charge is 0.394 e. The Hall–Kier alpha value is -1.39. The molecule has 0 fully saturated rings. The van der Waals surface area contributed by atoms with Crippen molar-refractivity contribution >= 4 is 5.91 Å². The van der Waals surface area contributed by atoms with Crippen molar-refractivity contribution in [1.82, 2.24) is 5.32 Å². The number of hydrogen-bond donors (Lipinski definition) is 3. The molecule has 0 aromatic rings. The van der Waals surface area contributed by atoms with Gasteiger partial charge in [-0.3, -0.25) is 4.79 Å². The van der Waals surface area contributed by atoms with Crippen LogP contribution in [-0.4, -0.2) is 34.9 Å². The minimum absolute atomic E-state index is 0.0678. The Kier molecular flexibility index (Phi) is 60.7. The van der Waals surface area contributed by atoms with E-state index in [0.717, 1.165) is 32.1 Å². The fraction of sp³-hybridized carbons (Fsp3) is 0.894. The van der Waals surface area contributed by atoms with Gasteiger partial charge in [-0.1, -0.05) is 333 Å². The van der Waals surface area contributed by atoms with E-state index in [1.807, 2.05) is 6.08 Å². The summed E-state index contributed by atoms with van der Waals surface area (Å²) in [5.41, 5.74) is 0. The summed E-state index contributed by atoms with van der Waals surface area (Å²) in [5, 5.41) is 23.2. The zero-order valence-electron chi connectivity index (χ0n) is 47.8. The van der Waals surface area contributed by atoms with Crippen molar-refractivity contribution in [2.45, 2.75) is 373 Å². The van der Waals surface area contributed by atoms with Crippen molar-refractivity contribution in [3.05, 3.63) is 36.5 Å². The molecule has 0 heterocycles. The molecule has 2 unspecified atom stereocenters. The SMILES string of the molecule is CCCCCCCCCCCCCCC/C=C/CC/C=C/C(O)C(CO)NC(=O)CCCCCCCCCCCCCCCCCCC/C=C\CCCCCCCCCCCCCCCCCCCC. The van der Waals surface area contributed by atoms with Gasteiger partial charge in [0.15, 0.2) is 0 Å². The zero-order chi connectivity index (χ0) is 50.6. The molecule has 0 aromatic heterocycles. The van der Waals surface area contributed by atoms with Gasteiger partial charge in [-0.05, 0) is 57.8 Å². The van der Waals surface area contributed by atoms with Crippen LogP contribution in [0.1, 0.15) is 361 Å². The van der Waals surface area contributed by atoms with Crippen LogP contribution in [0.5, 0.6) is 0 Å². The van der Waals surface area contributed by atoms with E-state index < -0.39 is 12.1 Å². The van der Waals surface area contributed by atoms with Gasteiger partial charge in [0, 0.05) is 6.42 Å². The first-order valence-corrected chi connectivity index (χ1v) is 32.2. The molecule has 0 saturated heterocycles. The van der Waals surface area contributed by atoms with Gasteiger partial charge >= 0.3 is 0 Å². The first-order chi connectivity index (χ1) is 34.7. The summed E-state index contributed by atoms with van der Waals surface area (Å²) in [6.07, 6.45) is 85.0. The molecule has 0 bridgehead atoms. The maximum Gasteiger partial charge on any atom is 0.220 e. The van der Waals surface area contributed by atoms with E-state index in [-0.39, 0.29) is 12.5 Å². The fourth-order valence-electron chi connectivity index (χ4n) is 10.2. The van der Waals surface area contributed by atoms with Gasteiger partial charge in [-0.2, -0.15) is 0 Å². The van der Waals surface area contributed by atoms with Crippen LogP contribution in [0, 0.1) is 0 Å². The van der Waals surface area contributed by atoms with Crippen molar-refractivity contribution in [1.29, 1.82) is 0 Å². The van der Waals surface area contributed by atoms with Crippen molar-refractivity contribution < 1.29 is 15.0 Å². The van der Waals surface area contributed by atoms with E-state index in [1.165, 1.54) is 308 Å². The average molecular weight is 983 g/mol. The third-order valence-corrected chi connectivity index (χ3v) is 15.1. The van der Waals surface area contributed by atoms with E-state index in [0.29, 0.717) is 6.42 Å². The summed E-state index contributed by atoms with van der Waals surface area (Å²) in [6.45, 7) is 4.34. The zero-order valence-corrected chi connectivity index (χ0v) is 47.8. The number of amides is 1. The summed E-state index contributed by atoms with van der Waals surface area (Å²) in [6, 6.07) is -0.638. The second-order valence-corrected chi connectivity index (χ2v) is 22.2. The quantitative estimate of drug-likeness (QED) is 0.0420. The van der Waals surface area contributed by atoms with Crippen LogP contribution < -0.4 is 5.32 Å². The van der Waals surface area contributed by atoms with E-state index in [1.54, 1.807) is 6.08 Å². The highest BCUT2D eigenvalue weighted by molar-refractivity contribution is 5.76. The molecule has 4 heteroatoms. The first-order valence-electron chi connectivity index (χ1n) is 32.2. The third kappa shape index (κ3) is 57.5. The highest BCUT2D eigenvalue weighted by Crippen LogP contribution is 2.18. The van der Waals surface area contributed by atoms with Crippen molar-refractivity contribution in [3.8, 4) is 0 Å². The van der Waals surface area contributed by atoms with Crippen molar-refractivity contribution in [2.75, 3.05) is 6.61 Å². The molecule has 4 nitrogen and oxygen atoms in total. The van der Waals surface area contributed by atoms with Crippen LogP contribution in [-0.2, 0) is 4.79 Å². The molecule has 0 aliphatic rings. The summed E-state index contributed by atoms with van der Waals surface area (Å²) in [4.78, 5) is 12.5. The molecule has 0 spiro atoms. The third-order valence-electron chi connectivity index (χ3n) is 15.1. The molecule has 2 atom stereocenters. The van der Waals surface area contributed by atoms with Gasteiger partial charge < -0.3 is 15.5 Å². The van der Waals surface area contributed by atoms with Crippen molar-refractivity contribution in [3.63, 3.8) is 0 Å². The molecule has 3 N–H and O–H groups in total. The Morgan fingerprint density at radius 2 is 0.557 bits per heavy atom. The van der Waals surface area contributed by atoms with Crippen LogP contribution in [0.25, 0.3) is 0 Å². The first kappa shape index (κ1) is 68.6. The fourth-order valence-corrected chi connectivity index (χ4v) is 10.2. The smallest absolute Gasteiger partial charge is 0.220 e. The van der Waals surface area contributed by atoms with Gasteiger partial charge in [-0.15, -0.1) is 0 Å². The van der Waals surface area contributed by atoms with Crippen molar-refractivity contribution in [2.24, 2.45) is 0 Å². The van der Waals surface area contributed by atoms with Crippen LogP contribution in [0.15, 0.2) is 36.5 Å². The van der Waals surface area contributed by atoms with Crippen LogP contribution in [0.4, 0.5) is 0 Å². The average Bonchev–Trinajstić information content (AvgIpc) is 3.36. The van der Waals surface area contributed by atoms with Gasteiger partial charge in [0.1, 0.15) is 0 Å². The number of unbranched alkanes of at least 4 members (excludes halogenated alkanes) is 49. The molecule has 70 heavy (non-hydrogen) atoms. The molecule has 414 valence electrons. The van der Waals surface area contributed by atoms with Gasteiger partial charge in [0.2, 0.25) is 5.91 Å². The summed E-state index contributed by atoms with van der Waals surface area (Å²) < 4.78 is 0. The van der Waals surface area contributed by atoms with Crippen LogP contribution in [0.2, 0.25) is 0 Å². The lowest BCUT2D eigenvalue weighted by atomic mass is 10.0. The molecule has 0 aliphatic carbocycles. The molecular weight excluding hydrogens is 855 g/mol. The number of hydrogen-bond acceptors (Lipinski definition) is 3. The number of aliphatic hydroxyl groups is 2.